The molecule has 0 bridgehead atoms. The van der Waals surface area contributed by atoms with Gasteiger partial charge in [-0.25, -0.2) is 0 Å². The Morgan fingerprint density at radius 3 is 2.76 bits per heavy atom. The maximum atomic E-state index is 11.8. The molecule has 0 saturated heterocycles. The predicted molar refractivity (Wildman–Crippen MR) is 70.7 cm³/mol. The topological polar surface area (TPSA) is 42.2 Å². The lowest BCUT2D eigenvalue weighted by Gasteiger charge is -2.25. The number of carbonyl (C=O) groups excluding carboxylic acids is 1. The fraction of sp³-hybridized carbons (Fsp3) is 0.583. The molecule has 1 aromatic rings. The van der Waals surface area contributed by atoms with Gasteiger partial charge in [0.15, 0.2) is 0 Å². The normalized spacial score (nSPS) is 24.6. The number of rotatable bonds is 3. The van der Waals surface area contributed by atoms with E-state index in [1.54, 1.807) is 6.07 Å². The van der Waals surface area contributed by atoms with Crippen molar-refractivity contribution in [3.63, 3.8) is 0 Å². The Bertz CT molecular complexity index is 386. The Morgan fingerprint density at radius 1 is 1.47 bits per heavy atom. The van der Waals surface area contributed by atoms with Gasteiger partial charge in [0.2, 0.25) is 5.22 Å². The Kier molecular flexibility index (Phi) is 4.51. The van der Waals surface area contributed by atoms with Crippen molar-refractivity contribution in [2.75, 3.05) is 6.54 Å². The number of hydrogen-bond acceptors (Lipinski definition) is 2. The third-order valence-corrected chi connectivity index (χ3v) is 4.40. The molecule has 1 aliphatic carbocycles. The first kappa shape index (κ1) is 13.0. The number of amides is 1. The van der Waals surface area contributed by atoms with Crippen LogP contribution in [0.4, 0.5) is 0 Å². The van der Waals surface area contributed by atoms with E-state index < -0.39 is 0 Å². The summed E-state index contributed by atoms with van der Waals surface area (Å²) in [6.45, 7) is 0.722. The molecule has 1 fully saturated rings. The summed E-state index contributed by atoms with van der Waals surface area (Å²) < 4.78 is 4.89. The van der Waals surface area contributed by atoms with Crippen molar-refractivity contribution in [1.82, 2.24) is 5.32 Å². The molecule has 0 radical (unpaired) electrons. The molecule has 3 nitrogen and oxygen atoms in total. The van der Waals surface area contributed by atoms with Crippen LogP contribution in [0.15, 0.2) is 16.7 Å². The summed E-state index contributed by atoms with van der Waals surface area (Å²) >= 11 is 9.36. The molecule has 0 spiro atoms. The van der Waals surface area contributed by atoms with Crippen molar-refractivity contribution in [1.29, 1.82) is 0 Å². The maximum Gasteiger partial charge on any atom is 0.256 e. The van der Waals surface area contributed by atoms with Gasteiger partial charge in [-0.15, -0.1) is 0 Å². The molecule has 0 atom stereocenters. The smallest absolute Gasteiger partial charge is 0.256 e. The van der Waals surface area contributed by atoms with Gasteiger partial charge >= 0.3 is 0 Å². The molecule has 5 heteroatoms. The molecule has 1 heterocycles. The van der Waals surface area contributed by atoms with E-state index in [4.69, 9.17) is 16.0 Å². The van der Waals surface area contributed by atoms with E-state index in [1.165, 1.54) is 19.1 Å². The zero-order chi connectivity index (χ0) is 12.3. The fourth-order valence-electron chi connectivity index (χ4n) is 2.11. The zero-order valence-corrected chi connectivity index (χ0v) is 11.8. The minimum Gasteiger partial charge on any atom is -0.452 e. The van der Waals surface area contributed by atoms with E-state index in [1.807, 2.05) is 0 Å². The Balaban J connectivity index is 1.79. The summed E-state index contributed by atoms with van der Waals surface area (Å²) in [6, 6.07) is 1.59. The van der Waals surface area contributed by atoms with Crippen LogP contribution in [0, 0.1) is 5.92 Å². The second kappa shape index (κ2) is 5.91. The van der Waals surface area contributed by atoms with Gasteiger partial charge < -0.3 is 9.73 Å². The summed E-state index contributed by atoms with van der Waals surface area (Å²) in [5.41, 5.74) is 0.417. The van der Waals surface area contributed by atoms with Crippen LogP contribution in [-0.4, -0.2) is 17.3 Å². The molecule has 94 valence electrons. The van der Waals surface area contributed by atoms with Crippen molar-refractivity contribution < 1.29 is 9.21 Å². The molecular formula is C12H15BrClNO2. The first-order valence-corrected chi connectivity index (χ1v) is 7.11. The summed E-state index contributed by atoms with van der Waals surface area (Å²) in [5, 5.41) is 3.07. The van der Waals surface area contributed by atoms with Gasteiger partial charge in [0.05, 0.1) is 11.8 Å². The molecule has 1 amide bonds. The highest BCUT2D eigenvalue weighted by molar-refractivity contribution is 9.09. The third-order valence-electron chi connectivity index (χ3n) is 3.19. The van der Waals surface area contributed by atoms with Crippen LogP contribution in [0.1, 0.15) is 36.0 Å². The molecule has 1 N–H and O–H groups in total. The van der Waals surface area contributed by atoms with Crippen LogP contribution in [0.2, 0.25) is 5.22 Å². The van der Waals surface area contributed by atoms with Gasteiger partial charge in [-0.1, -0.05) is 15.9 Å². The molecule has 0 aromatic carbocycles. The molecule has 1 aromatic heterocycles. The SMILES string of the molecule is O=C(NCC1CCC(Br)CC1)c1ccoc1Cl. The van der Waals surface area contributed by atoms with Crippen LogP contribution in [-0.2, 0) is 0 Å². The first-order chi connectivity index (χ1) is 8.16. The summed E-state index contributed by atoms with van der Waals surface area (Å²) in [4.78, 5) is 12.4. The van der Waals surface area contributed by atoms with Gasteiger partial charge in [-0.2, -0.15) is 0 Å². The molecule has 1 saturated carbocycles. The highest BCUT2D eigenvalue weighted by Crippen LogP contribution is 2.28. The molecular weight excluding hydrogens is 305 g/mol. The lowest BCUT2D eigenvalue weighted by atomic mass is 9.89. The second-order valence-corrected chi connectivity index (χ2v) is 6.07. The number of nitrogens with one attached hydrogen (secondary N) is 1. The Hall–Kier alpha value is -0.480. The van der Waals surface area contributed by atoms with Crippen LogP contribution < -0.4 is 5.32 Å². The summed E-state index contributed by atoms with van der Waals surface area (Å²) in [5.74, 6) is 0.433. The van der Waals surface area contributed by atoms with Gasteiger partial charge in [0.25, 0.3) is 5.91 Å². The number of alkyl halides is 1. The average Bonchev–Trinajstić information content (AvgIpc) is 2.74. The van der Waals surface area contributed by atoms with Crippen LogP contribution in [0.3, 0.4) is 0 Å². The molecule has 2 rings (SSSR count). The molecule has 0 aliphatic heterocycles. The number of halogens is 2. The van der Waals surface area contributed by atoms with Gasteiger partial charge in [0, 0.05) is 11.4 Å². The quantitative estimate of drug-likeness (QED) is 0.864. The van der Waals surface area contributed by atoms with Gasteiger partial charge in [-0.3, -0.25) is 4.79 Å². The fourth-order valence-corrected chi connectivity index (χ4v) is 2.84. The Morgan fingerprint density at radius 2 is 2.18 bits per heavy atom. The van der Waals surface area contributed by atoms with Crippen LogP contribution >= 0.6 is 27.5 Å². The van der Waals surface area contributed by atoms with E-state index in [0.717, 1.165) is 19.4 Å². The van der Waals surface area contributed by atoms with Crippen molar-refractivity contribution in [3.8, 4) is 0 Å². The number of carbonyl (C=O) groups is 1. The summed E-state index contributed by atoms with van der Waals surface area (Å²) in [7, 11) is 0. The van der Waals surface area contributed by atoms with Crippen LogP contribution in [0.5, 0.6) is 0 Å². The van der Waals surface area contributed by atoms with E-state index in [2.05, 4.69) is 21.2 Å². The highest BCUT2D eigenvalue weighted by Gasteiger charge is 2.20. The standard InChI is InChI=1S/C12H15BrClNO2/c13-9-3-1-8(2-4-9)7-15-12(16)10-5-6-17-11(10)14/h5-6,8-9H,1-4,7H2,(H,15,16). The number of hydrogen-bond donors (Lipinski definition) is 1. The van der Waals surface area contributed by atoms with Crippen LogP contribution in [0.25, 0.3) is 0 Å². The zero-order valence-electron chi connectivity index (χ0n) is 9.42. The highest BCUT2D eigenvalue weighted by atomic mass is 79.9. The van der Waals surface area contributed by atoms with Gasteiger partial charge in [-0.05, 0) is 49.3 Å². The third kappa shape index (κ3) is 3.49. The molecule has 17 heavy (non-hydrogen) atoms. The van der Waals surface area contributed by atoms with E-state index in [9.17, 15) is 4.79 Å². The van der Waals surface area contributed by atoms with E-state index in [0.29, 0.717) is 16.3 Å². The summed E-state index contributed by atoms with van der Waals surface area (Å²) in [6.07, 6.45) is 6.12. The van der Waals surface area contributed by atoms with Crippen molar-refractivity contribution in [2.24, 2.45) is 5.92 Å². The molecule has 0 unspecified atom stereocenters. The lowest BCUT2D eigenvalue weighted by molar-refractivity contribution is 0.0943. The second-order valence-electron chi connectivity index (χ2n) is 4.44. The minimum absolute atomic E-state index is 0.148. The van der Waals surface area contributed by atoms with Crippen molar-refractivity contribution >= 4 is 33.4 Å². The largest absolute Gasteiger partial charge is 0.452 e. The monoisotopic (exact) mass is 319 g/mol. The minimum atomic E-state index is -0.148. The van der Waals surface area contributed by atoms with Gasteiger partial charge in [0.1, 0.15) is 0 Å². The Labute approximate surface area is 114 Å². The average molecular weight is 321 g/mol. The maximum absolute atomic E-state index is 11.8. The van der Waals surface area contributed by atoms with Crippen molar-refractivity contribution in [2.45, 2.75) is 30.5 Å². The predicted octanol–water partition coefficient (Wildman–Crippen LogP) is 3.62. The van der Waals surface area contributed by atoms with Crippen molar-refractivity contribution in [3.05, 3.63) is 23.1 Å². The van der Waals surface area contributed by atoms with E-state index >= 15 is 0 Å². The number of furan rings is 1. The lowest BCUT2D eigenvalue weighted by Crippen LogP contribution is -2.31. The van der Waals surface area contributed by atoms with E-state index in [-0.39, 0.29) is 11.1 Å². The first-order valence-electron chi connectivity index (χ1n) is 5.82. The molecule has 1 aliphatic rings.